The van der Waals surface area contributed by atoms with Crippen LogP contribution in [-0.2, 0) is 11.3 Å². The van der Waals surface area contributed by atoms with E-state index in [-0.39, 0.29) is 11.4 Å². The Morgan fingerprint density at radius 1 is 0.759 bits per heavy atom. The van der Waals surface area contributed by atoms with Gasteiger partial charge < -0.3 is 10.3 Å². The summed E-state index contributed by atoms with van der Waals surface area (Å²) in [5.41, 5.74) is 6.16. The number of hydrogen-bond acceptors (Lipinski definition) is 3. The maximum atomic E-state index is 14.0. The molecule has 2 aromatic carbocycles. The molecule has 2 aliphatic rings. The Kier molecular flexibility index (Phi) is 19.0. The minimum Gasteiger partial charge on any atom is -0.762 e. The second kappa shape index (κ2) is 24.3. The van der Waals surface area contributed by atoms with Crippen molar-refractivity contribution in [3.05, 3.63) is 115 Å². The summed E-state index contributed by atoms with van der Waals surface area (Å²) in [6.45, 7) is 6.38. The lowest BCUT2D eigenvalue weighted by atomic mass is 9.75. The fourth-order valence-corrected chi connectivity index (χ4v) is 8.98. The average Bonchev–Trinajstić information content (AvgIpc) is 3.23. The predicted octanol–water partition coefficient (Wildman–Crippen LogP) is 14.9. The highest BCUT2D eigenvalue weighted by Crippen LogP contribution is 2.42. The van der Waals surface area contributed by atoms with Gasteiger partial charge in [-0.3, -0.25) is 4.79 Å². The molecule has 0 amide bonds. The van der Waals surface area contributed by atoms with E-state index in [1.54, 1.807) is 0 Å². The number of nitrogens with zero attached hydrogens (tertiary/aromatic N) is 4. The Hall–Kier alpha value is -3.82. The molecule has 2 heterocycles. The molecule has 58 heavy (non-hydrogen) atoms. The van der Waals surface area contributed by atoms with Crippen LogP contribution in [0.15, 0.2) is 98.3 Å². The average molecular weight is 907 g/mol. The zero-order valence-corrected chi connectivity index (χ0v) is 38.1. The van der Waals surface area contributed by atoms with E-state index in [2.05, 4.69) is 116 Å². The van der Waals surface area contributed by atoms with Crippen molar-refractivity contribution in [1.82, 2.24) is 0 Å². The normalized spacial score (nSPS) is 14.9. The fourth-order valence-electron chi connectivity index (χ4n) is 8.28. The van der Waals surface area contributed by atoms with Gasteiger partial charge in [0.05, 0.1) is 11.0 Å². The fraction of sp³-hybridized carbons (Fsp3) is 0.471. The number of carbonyl (C=O) groups is 1. The van der Waals surface area contributed by atoms with Gasteiger partial charge in [-0.15, -0.1) is 0 Å². The number of aromatic nitrogens is 1. The predicted molar refractivity (Wildman–Crippen MR) is 252 cm³/mol. The van der Waals surface area contributed by atoms with E-state index in [4.69, 9.17) is 0 Å². The van der Waals surface area contributed by atoms with Gasteiger partial charge in [0.25, 0.3) is 0 Å². The van der Waals surface area contributed by atoms with Crippen molar-refractivity contribution in [2.24, 2.45) is 0 Å². The van der Waals surface area contributed by atoms with Crippen LogP contribution in [0, 0.1) is 11.3 Å². The van der Waals surface area contributed by atoms with Crippen LogP contribution >= 0.6 is 31.9 Å². The van der Waals surface area contributed by atoms with Crippen molar-refractivity contribution in [3.8, 4) is 6.07 Å². The van der Waals surface area contributed by atoms with Crippen molar-refractivity contribution in [1.29, 1.82) is 5.26 Å². The second-order valence-electron chi connectivity index (χ2n) is 16.0. The number of ketones is 1. The molecule has 0 spiro atoms. The second-order valence-corrected chi connectivity index (χ2v) is 17.9. The first-order chi connectivity index (χ1) is 28.4. The SMILES string of the molecule is CCCCCCCCCCCCN1C=C/C(=C\C2=C(C(=C=[N-])C#N)C(=C/c3cc[n+](CCCCCCCCCCCC)c4cc(Br)ccc34)/C2=O)c2ccc(Br)cc21. The standard InChI is InChI=1S/C51H62Br2N4O/c1-3-5-7-9-11-13-15-17-19-21-29-56-31-27-39(44-25-23-42(52)35-48(44)56)33-46-50(41(37-54)38-55)47(51(46)58)34-40-28-32-57(49-36-43(53)24-26-45(40)49)30-22-20-18-16-14-12-10-8-6-4-2/h23-28,31-36H,3-22,29-30H2,1-2H3. The largest absolute Gasteiger partial charge is 0.762 e. The Labute approximate surface area is 365 Å². The van der Waals surface area contributed by atoms with Crippen LogP contribution in [0.1, 0.15) is 153 Å². The molecule has 7 heteroatoms. The number of carbonyl (C=O) groups excluding carboxylic acids is 1. The van der Waals surface area contributed by atoms with E-state index in [0.717, 1.165) is 68.2 Å². The number of benzene rings is 2. The summed E-state index contributed by atoms with van der Waals surface area (Å²) < 4.78 is 4.29. The van der Waals surface area contributed by atoms with Gasteiger partial charge in [-0.05, 0) is 66.5 Å². The van der Waals surface area contributed by atoms with Gasteiger partial charge in [-0.1, -0.05) is 161 Å². The van der Waals surface area contributed by atoms with Gasteiger partial charge >= 0.3 is 0 Å². The van der Waals surface area contributed by atoms with E-state index in [1.165, 1.54) is 116 Å². The Morgan fingerprint density at radius 3 is 1.97 bits per heavy atom. The number of anilines is 1. The number of aryl methyl sites for hydroxylation is 1. The Bertz CT molecular complexity index is 2090. The third kappa shape index (κ3) is 12.6. The highest BCUT2D eigenvalue weighted by molar-refractivity contribution is 9.10. The van der Waals surface area contributed by atoms with E-state index in [1.807, 2.05) is 24.3 Å². The molecule has 0 atom stereocenters. The highest BCUT2D eigenvalue weighted by atomic mass is 79.9. The summed E-state index contributed by atoms with van der Waals surface area (Å²) in [6, 6.07) is 16.6. The minimum absolute atomic E-state index is 0.0462. The van der Waals surface area contributed by atoms with Gasteiger partial charge in [0.15, 0.2) is 12.0 Å². The Balaban J connectivity index is 1.31. The van der Waals surface area contributed by atoms with Crippen LogP contribution in [0.5, 0.6) is 0 Å². The first-order valence-electron chi connectivity index (χ1n) is 22.2. The number of hydrogen-bond donors (Lipinski definition) is 0. The summed E-state index contributed by atoms with van der Waals surface area (Å²) in [5, 5.41) is 21.2. The summed E-state index contributed by atoms with van der Waals surface area (Å²) in [6.07, 6.45) is 35.9. The van der Waals surface area contributed by atoms with Crippen molar-refractivity contribution >= 4 is 71.8 Å². The van der Waals surface area contributed by atoms with Gasteiger partial charge in [0.1, 0.15) is 12.6 Å². The zero-order valence-electron chi connectivity index (χ0n) is 34.9. The number of halogens is 2. The number of unbranched alkanes of at least 4 members (excludes halogenated alkanes) is 18. The van der Waals surface area contributed by atoms with Crippen LogP contribution in [-0.4, -0.2) is 18.2 Å². The number of Topliss-reactive ketones (excluding diaryl/α,β-unsaturated/α-hetero) is 1. The molecule has 1 aromatic heterocycles. The Morgan fingerprint density at radius 2 is 1.34 bits per heavy atom. The van der Waals surface area contributed by atoms with Gasteiger partial charge in [0, 0.05) is 68.2 Å². The molecule has 1 aliphatic carbocycles. The van der Waals surface area contributed by atoms with E-state index < -0.39 is 0 Å². The molecule has 306 valence electrons. The van der Waals surface area contributed by atoms with Crippen molar-refractivity contribution in [2.45, 2.75) is 149 Å². The maximum absolute atomic E-state index is 14.0. The smallest absolute Gasteiger partial charge is 0.214 e. The van der Waals surface area contributed by atoms with Crippen molar-refractivity contribution in [3.63, 3.8) is 0 Å². The molecule has 0 fully saturated rings. The highest BCUT2D eigenvalue weighted by Gasteiger charge is 2.35. The van der Waals surface area contributed by atoms with E-state index in [9.17, 15) is 15.5 Å². The summed E-state index contributed by atoms with van der Waals surface area (Å²) in [7, 11) is 0. The topological polar surface area (TPSA) is 70.3 Å². The molecule has 3 aromatic rings. The van der Waals surface area contributed by atoms with E-state index in [0.29, 0.717) is 16.7 Å². The summed E-state index contributed by atoms with van der Waals surface area (Å²) >= 11 is 7.36. The molecule has 5 nitrogen and oxygen atoms in total. The van der Waals surface area contributed by atoms with Gasteiger partial charge in [-0.25, -0.2) is 5.87 Å². The maximum Gasteiger partial charge on any atom is 0.214 e. The molecule has 0 bridgehead atoms. The molecule has 0 saturated heterocycles. The number of fused-ring (bicyclic) bond motifs is 2. The van der Waals surface area contributed by atoms with Gasteiger partial charge in [-0.2, -0.15) is 9.83 Å². The zero-order chi connectivity index (χ0) is 41.1. The number of nitriles is 1. The van der Waals surface area contributed by atoms with Crippen molar-refractivity contribution in [2.75, 3.05) is 11.4 Å². The first-order valence-corrected chi connectivity index (χ1v) is 23.8. The van der Waals surface area contributed by atoms with Crippen LogP contribution in [0.3, 0.4) is 0 Å². The summed E-state index contributed by atoms with van der Waals surface area (Å²) in [4.78, 5) is 16.3. The number of pyridine rings is 1. The van der Waals surface area contributed by atoms with E-state index >= 15 is 0 Å². The van der Waals surface area contributed by atoms with Crippen LogP contribution < -0.4 is 9.47 Å². The quantitative estimate of drug-likeness (QED) is 0.0280. The molecule has 1 aliphatic heterocycles. The van der Waals surface area contributed by atoms with Crippen LogP contribution in [0.2, 0.25) is 0 Å². The minimum atomic E-state index is -0.155. The third-order valence-electron chi connectivity index (χ3n) is 11.6. The molecular weight excluding hydrogens is 844 g/mol. The lowest BCUT2D eigenvalue weighted by molar-refractivity contribution is -0.671. The van der Waals surface area contributed by atoms with Crippen molar-refractivity contribution < 1.29 is 9.36 Å². The lowest BCUT2D eigenvalue weighted by Gasteiger charge is -2.29. The lowest BCUT2D eigenvalue weighted by Crippen LogP contribution is -2.34. The van der Waals surface area contributed by atoms with Crippen LogP contribution in [0.4, 0.5) is 5.69 Å². The number of allylic oxidation sites excluding steroid dienone is 7. The molecule has 0 saturated carbocycles. The first kappa shape index (κ1) is 45.3. The summed E-state index contributed by atoms with van der Waals surface area (Å²) in [5.74, 6) is 1.93. The molecule has 0 unspecified atom stereocenters. The monoisotopic (exact) mass is 904 g/mol. The van der Waals surface area contributed by atoms with Gasteiger partial charge in [0.2, 0.25) is 5.52 Å². The third-order valence-corrected chi connectivity index (χ3v) is 12.6. The molecule has 5 rings (SSSR count). The molecular formula is C51H62Br2N4O. The molecule has 0 radical (unpaired) electrons. The van der Waals surface area contributed by atoms with Crippen LogP contribution in [0.25, 0.3) is 28.0 Å². The number of rotatable bonds is 25. The molecule has 0 N–H and O–H groups in total.